The van der Waals surface area contributed by atoms with Crippen LogP contribution in [0.4, 0.5) is 11.5 Å². The van der Waals surface area contributed by atoms with Gasteiger partial charge in [0.2, 0.25) is 0 Å². The number of nitrogens with one attached hydrogen (secondary N) is 2. The lowest BCUT2D eigenvalue weighted by molar-refractivity contribution is 0.102. The predicted molar refractivity (Wildman–Crippen MR) is 82.0 cm³/mol. The third kappa shape index (κ3) is 3.52. The van der Waals surface area contributed by atoms with Crippen molar-refractivity contribution in [1.29, 1.82) is 0 Å². The summed E-state index contributed by atoms with van der Waals surface area (Å²) in [6, 6.07) is 5.31. The van der Waals surface area contributed by atoms with E-state index in [0.717, 1.165) is 3.57 Å². The molecule has 2 aromatic rings. The smallest absolute Gasteiger partial charge is 0.275 e. The van der Waals surface area contributed by atoms with Crippen molar-refractivity contribution in [3.63, 3.8) is 0 Å². The highest BCUT2D eigenvalue weighted by molar-refractivity contribution is 14.1. The van der Waals surface area contributed by atoms with Crippen molar-refractivity contribution in [2.75, 3.05) is 10.7 Å². The molecule has 0 spiro atoms. The van der Waals surface area contributed by atoms with Crippen molar-refractivity contribution in [2.24, 2.45) is 5.84 Å². The molecule has 98 valence electrons. The topological polar surface area (TPSA) is 92.9 Å². The van der Waals surface area contributed by atoms with Gasteiger partial charge in [0, 0.05) is 3.57 Å². The standard InChI is InChI=1S/C11H9ClIN5O/c12-7-3-6(13)1-2-8(7)17-11(19)9-4-15-5-10(16-9)18-14/h1-5H,14H2,(H,16,18)(H,17,19). The van der Waals surface area contributed by atoms with E-state index in [4.69, 9.17) is 17.4 Å². The molecule has 0 saturated heterocycles. The maximum Gasteiger partial charge on any atom is 0.275 e. The molecule has 6 nitrogen and oxygen atoms in total. The molecule has 0 fully saturated rings. The summed E-state index contributed by atoms with van der Waals surface area (Å²) < 4.78 is 0.981. The van der Waals surface area contributed by atoms with Gasteiger partial charge in [-0.25, -0.2) is 10.8 Å². The van der Waals surface area contributed by atoms with Gasteiger partial charge >= 0.3 is 0 Å². The van der Waals surface area contributed by atoms with Crippen LogP contribution in [-0.2, 0) is 0 Å². The van der Waals surface area contributed by atoms with Crippen LogP contribution in [0.2, 0.25) is 5.02 Å². The average Bonchev–Trinajstić information content (AvgIpc) is 2.42. The number of carbonyl (C=O) groups excluding carboxylic acids is 1. The molecule has 1 aromatic carbocycles. The Bertz CT molecular complexity index is 622. The molecule has 19 heavy (non-hydrogen) atoms. The molecule has 0 unspecified atom stereocenters. The first kappa shape index (κ1) is 14.0. The van der Waals surface area contributed by atoms with Gasteiger partial charge in [-0.2, -0.15) is 0 Å². The van der Waals surface area contributed by atoms with Crippen molar-refractivity contribution in [3.8, 4) is 0 Å². The third-order valence-corrected chi connectivity index (χ3v) is 3.18. The van der Waals surface area contributed by atoms with Crippen LogP contribution in [-0.4, -0.2) is 15.9 Å². The highest BCUT2D eigenvalue weighted by Crippen LogP contribution is 2.24. The van der Waals surface area contributed by atoms with Crippen molar-refractivity contribution in [2.45, 2.75) is 0 Å². The zero-order valence-corrected chi connectivity index (χ0v) is 12.4. The fourth-order valence-corrected chi connectivity index (χ4v) is 2.23. The minimum atomic E-state index is -0.410. The van der Waals surface area contributed by atoms with Crippen LogP contribution < -0.4 is 16.6 Å². The van der Waals surface area contributed by atoms with Gasteiger partial charge < -0.3 is 10.7 Å². The normalized spacial score (nSPS) is 10.1. The van der Waals surface area contributed by atoms with E-state index in [1.54, 1.807) is 12.1 Å². The predicted octanol–water partition coefficient (Wildman–Crippen LogP) is 2.27. The Labute approximate surface area is 127 Å². The van der Waals surface area contributed by atoms with E-state index in [1.807, 2.05) is 6.07 Å². The Morgan fingerprint density at radius 2 is 2.16 bits per heavy atom. The lowest BCUT2D eigenvalue weighted by atomic mass is 10.3. The molecule has 0 aliphatic heterocycles. The van der Waals surface area contributed by atoms with Gasteiger partial charge in [0.15, 0.2) is 5.82 Å². The zero-order chi connectivity index (χ0) is 13.8. The fourth-order valence-electron chi connectivity index (χ4n) is 1.32. The maximum atomic E-state index is 12.0. The summed E-state index contributed by atoms with van der Waals surface area (Å²) >= 11 is 8.17. The number of rotatable bonds is 3. The number of carbonyl (C=O) groups is 1. The molecular weight excluding hydrogens is 381 g/mol. The number of anilines is 2. The molecule has 0 bridgehead atoms. The molecule has 0 aliphatic carbocycles. The molecule has 0 aliphatic rings. The second-order valence-electron chi connectivity index (χ2n) is 3.51. The first-order valence-corrected chi connectivity index (χ1v) is 6.61. The second-order valence-corrected chi connectivity index (χ2v) is 5.17. The SMILES string of the molecule is NNc1cncc(C(=O)Nc2ccc(I)cc2Cl)n1. The molecule has 0 saturated carbocycles. The summed E-state index contributed by atoms with van der Waals surface area (Å²) in [7, 11) is 0. The van der Waals surface area contributed by atoms with Gasteiger partial charge in [-0.3, -0.25) is 9.78 Å². The van der Waals surface area contributed by atoms with Crippen LogP contribution in [0.15, 0.2) is 30.6 Å². The molecule has 8 heteroatoms. The van der Waals surface area contributed by atoms with Gasteiger partial charge in [-0.1, -0.05) is 11.6 Å². The fraction of sp³-hybridized carbons (Fsp3) is 0. The number of hydrogen-bond donors (Lipinski definition) is 3. The number of nitrogens with zero attached hydrogens (tertiary/aromatic N) is 2. The first-order valence-electron chi connectivity index (χ1n) is 5.15. The van der Waals surface area contributed by atoms with E-state index in [9.17, 15) is 4.79 Å². The van der Waals surface area contributed by atoms with E-state index in [2.05, 4.69) is 43.3 Å². The highest BCUT2D eigenvalue weighted by Gasteiger charge is 2.11. The maximum absolute atomic E-state index is 12.0. The van der Waals surface area contributed by atoms with E-state index in [-0.39, 0.29) is 5.69 Å². The summed E-state index contributed by atoms with van der Waals surface area (Å²) in [4.78, 5) is 19.8. The van der Waals surface area contributed by atoms with E-state index in [1.165, 1.54) is 12.4 Å². The Balaban J connectivity index is 2.20. The third-order valence-electron chi connectivity index (χ3n) is 2.19. The Kier molecular flexibility index (Phi) is 4.51. The van der Waals surface area contributed by atoms with Crippen molar-refractivity contribution in [1.82, 2.24) is 9.97 Å². The van der Waals surface area contributed by atoms with Gasteiger partial charge in [0.1, 0.15) is 5.69 Å². The van der Waals surface area contributed by atoms with Crippen LogP contribution in [0.25, 0.3) is 0 Å². The van der Waals surface area contributed by atoms with Gasteiger partial charge in [0.25, 0.3) is 5.91 Å². The molecule has 1 heterocycles. The average molecular weight is 390 g/mol. The quantitative estimate of drug-likeness (QED) is 0.425. The van der Waals surface area contributed by atoms with Crippen LogP contribution in [0.3, 0.4) is 0 Å². The number of aromatic nitrogens is 2. The summed E-state index contributed by atoms with van der Waals surface area (Å²) in [5, 5.41) is 3.12. The molecule has 0 atom stereocenters. The number of hydrogen-bond acceptors (Lipinski definition) is 5. The Hall–Kier alpha value is -1.45. The lowest BCUT2D eigenvalue weighted by Gasteiger charge is -2.07. The number of nitrogen functional groups attached to an aromatic ring is 1. The molecule has 0 radical (unpaired) electrons. The van der Waals surface area contributed by atoms with Crippen LogP contribution in [0.5, 0.6) is 0 Å². The molecular formula is C11H9ClIN5O. The van der Waals surface area contributed by atoms with Crippen molar-refractivity contribution < 1.29 is 4.79 Å². The van der Waals surface area contributed by atoms with E-state index >= 15 is 0 Å². The van der Waals surface area contributed by atoms with Crippen LogP contribution in [0.1, 0.15) is 10.5 Å². The number of benzene rings is 1. The molecule has 2 rings (SSSR count). The van der Waals surface area contributed by atoms with Crippen LogP contribution >= 0.6 is 34.2 Å². The van der Waals surface area contributed by atoms with Crippen molar-refractivity contribution >= 4 is 51.6 Å². The summed E-state index contributed by atoms with van der Waals surface area (Å²) in [5.74, 6) is 5.10. The van der Waals surface area contributed by atoms with Crippen molar-refractivity contribution in [3.05, 3.63) is 44.9 Å². The first-order chi connectivity index (χ1) is 9.10. The van der Waals surface area contributed by atoms with Gasteiger partial charge in [-0.05, 0) is 40.8 Å². The van der Waals surface area contributed by atoms with E-state index in [0.29, 0.717) is 16.5 Å². The van der Waals surface area contributed by atoms with E-state index < -0.39 is 5.91 Å². The molecule has 1 aromatic heterocycles. The van der Waals surface area contributed by atoms with Gasteiger partial charge in [-0.15, -0.1) is 0 Å². The number of amides is 1. The number of nitrogens with two attached hydrogens (primary N) is 1. The number of halogens is 2. The largest absolute Gasteiger partial charge is 0.319 e. The molecule has 4 N–H and O–H groups in total. The minimum Gasteiger partial charge on any atom is -0.319 e. The Morgan fingerprint density at radius 3 is 2.84 bits per heavy atom. The summed E-state index contributed by atoms with van der Waals surface area (Å²) in [5.41, 5.74) is 2.98. The summed E-state index contributed by atoms with van der Waals surface area (Å²) in [6.45, 7) is 0. The van der Waals surface area contributed by atoms with Gasteiger partial charge in [0.05, 0.1) is 23.1 Å². The minimum absolute atomic E-state index is 0.144. The lowest BCUT2D eigenvalue weighted by Crippen LogP contribution is -2.17. The molecule has 1 amide bonds. The Morgan fingerprint density at radius 1 is 1.37 bits per heavy atom. The monoisotopic (exact) mass is 389 g/mol. The zero-order valence-electron chi connectivity index (χ0n) is 9.52. The second kappa shape index (κ2) is 6.13. The van der Waals surface area contributed by atoms with Crippen LogP contribution in [0, 0.1) is 3.57 Å². The highest BCUT2D eigenvalue weighted by atomic mass is 127. The summed E-state index contributed by atoms with van der Waals surface area (Å²) in [6.07, 6.45) is 2.76. The number of hydrazine groups is 1.